The Morgan fingerprint density at radius 2 is 1.58 bits per heavy atom. The molecule has 1 saturated heterocycles. The number of halogens is 3. The van der Waals surface area contributed by atoms with Crippen LogP contribution in [-0.2, 0) is 19.3 Å². The Balaban J connectivity index is 1.41. The molecule has 0 bridgehead atoms. The first-order chi connectivity index (χ1) is 14.8. The van der Waals surface area contributed by atoms with Gasteiger partial charge in [0.2, 0.25) is 0 Å². The maximum Gasteiger partial charge on any atom is 0.416 e. The lowest BCUT2D eigenvalue weighted by Gasteiger charge is -2.22. The van der Waals surface area contributed by atoms with Gasteiger partial charge in [-0.25, -0.2) is 4.79 Å². The predicted molar refractivity (Wildman–Crippen MR) is 114 cm³/mol. The van der Waals surface area contributed by atoms with E-state index in [-0.39, 0.29) is 5.63 Å². The van der Waals surface area contributed by atoms with Crippen molar-refractivity contribution >= 4 is 11.0 Å². The van der Waals surface area contributed by atoms with Crippen LogP contribution in [0.4, 0.5) is 13.2 Å². The highest BCUT2D eigenvalue weighted by molar-refractivity contribution is 5.80. The average Bonchev–Trinajstić information content (AvgIpc) is 2.92. The third-order valence-electron chi connectivity index (χ3n) is 5.75. The highest BCUT2D eigenvalue weighted by atomic mass is 19.4. The molecule has 31 heavy (non-hydrogen) atoms. The van der Waals surface area contributed by atoms with Crippen molar-refractivity contribution in [2.45, 2.75) is 32.6 Å². The SMILES string of the molecule is Cc1ccc2c(CN3CCCN(Cc4ccc(C(F)(F)F)cc4)CC3)cc(=O)oc2c1. The van der Waals surface area contributed by atoms with E-state index < -0.39 is 11.7 Å². The number of aryl methyl sites for hydroxylation is 1. The highest BCUT2D eigenvalue weighted by Gasteiger charge is 2.30. The molecule has 4 nitrogen and oxygen atoms in total. The van der Waals surface area contributed by atoms with Crippen molar-refractivity contribution in [1.82, 2.24) is 9.80 Å². The second kappa shape index (κ2) is 8.85. The monoisotopic (exact) mass is 430 g/mol. The number of benzene rings is 2. The van der Waals surface area contributed by atoms with Gasteiger partial charge in [-0.05, 0) is 61.3 Å². The first kappa shape index (κ1) is 21.6. The zero-order valence-corrected chi connectivity index (χ0v) is 17.4. The number of nitrogens with zero attached hydrogens (tertiary/aromatic N) is 2. The molecule has 1 aliphatic heterocycles. The van der Waals surface area contributed by atoms with E-state index in [0.717, 1.165) is 66.8 Å². The van der Waals surface area contributed by atoms with Gasteiger partial charge in [0.1, 0.15) is 5.58 Å². The molecule has 0 aliphatic carbocycles. The summed E-state index contributed by atoms with van der Waals surface area (Å²) in [6.45, 7) is 6.69. The summed E-state index contributed by atoms with van der Waals surface area (Å²) < 4.78 is 43.6. The summed E-state index contributed by atoms with van der Waals surface area (Å²) in [6, 6.07) is 12.9. The molecule has 4 rings (SSSR count). The van der Waals surface area contributed by atoms with E-state index in [1.807, 2.05) is 25.1 Å². The van der Waals surface area contributed by atoms with Crippen LogP contribution in [-0.4, -0.2) is 36.0 Å². The fraction of sp³-hybridized carbons (Fsp3) is 0.375. The highest BCUT2D eigenvalue weighted by Crippen LogP contribution is 2.29. The maximum atomic E-state index is 12.8. The van der Waals surface area contributed by atoms with Gasteiger partial charge in [0, 0.05) is 37.6 Å². The Labute approximate surface area is 178 Å². The average molecular weight is 430 g/mol. The fourth-order valence-electron chi connectivity index (χ4n) is 4.11. The van der Waals surface area contributed by atoms with E-state index in [4.69, 9.17) is 4.42 Å². The van der Waals surface area contributed by atoms with Crippen LogP contribution in [0, 0.1) is 6.92 Å². The summed E-state index contributed by atoms with van der Waals surface area (Å²) in [6.07, 6.45) is -3.35. The molecule has 164 valence electrons. The number of alkyl halides is 3. The summed E-state index contributed by atoms with van der Waals surface area (Å²) in [5.41, 5.74) is 2.54. The second-order valence-electron chi connectivity index (χ2n) is 8.19. The molecule has 2 aromatic carbocycles. The second-order valence-corrected chi connectivity index (χ2v) is 8.19. The van der Waals surface area contributed by atoms with Crippen molar-refractivity contribution in [3.63, 3.8) is 0 Å². The van der Waals surface area contributed by atoms with Crippen molar-refractivity contribution in [1.29, 1.82) is 0 Å². The van der Waals surface area contributed by atoms with Crippen molar-refractivity contribution in [2.24, 2.45) is 0 Å². The van der Waals surface area contributed by atoms with E-state index in [2.05, 4.69) is 9.80 Å². The minimum Gasteiger partial charge on any atom is -0.423 e. The molecule has 0 N–H and O–H groups in total. The van der Waals surface area contributed by atoms with Crippen LogP contribution >= 0.6 is 0 Å². The molecule has 0 saturated carbocycles. The molecule has 0 spiro atoms. The van der Waals surface area contributed by atoms with Gasteiger partial charge in [-0.2, -0.15) is 13.2 Å². The summed E-state index contributed by atoms with van der Waals surface area (Å²) in [5, 5.41) is 0.955. The van der Waals surface area contributed by atoms with Gasteiger partial charge in [0.25, 0.3) is 0 Å². The summed E-state index contributed by atoms with van der Waals surface area (Å²) in [7, 11) is 0. The predicted octanol–water partition coefficient (Wildman–Crippen LogP) is 4.83. The van der Waals surface area contributed by atoms with Gasteiger partial charge in [-0.3, -0.25) is 9.80 Å². The molecule has 0 amide bonds. The van der Waals surface area contributed by atoms with Crippen LogP contribution in [0.1, 0.15) is 28.7 Å². The van der Waals surface area contributed by atoms with Gasteiger partial charge in [-0.1, -0.05) is 24.3 Å². The lowest BCUT2D eigenvalue weighted by atomic mass is 10.1. The quantitative estimate of drug-likeness (QED) is 0.556. The maximum absolute atomic E-state index is 12.8. The van der Waals surface area contributed by atoms with Crippen molar-refractivity contribution in [3.8, 4) is 0 Å². The zero-order chi connectivity index (χ0) is 22.0. The molecule has 0 unspecified atom stereocenters. The van der Waals surface area contributed by atoms with Crippen LogP contribution in [0.15, 0.2) is 57.7 Å². The standard InChI is InChI=1S/C24H25F3N2O2/c1-17-3-8-21-19(14-23(30)31-22(21)13-17)16-29-10-2-9-28(11-12-29)15-18-4-6-20(7-5-18)24(25,26)27/h3-8,13-14H,2,9-12,15-16H2,1H3. The largest absolute Gasteiger partial charge is 0.423 e. The van der Waals surface area contributed by atoms with Crippen LogP contribution in [0.2, 0.25) is 0 Å². The van der Waals surface area contributed by atoms with Crippen molar-refractivity contribution < 1.29 is 17.6 Å². The first-order valence-electron chi connectivity index (χ1n) is 10.4. The molecule has 3 aromatic rings. The van der Waals surface area contributed by atoms with E-state index in [9.17, 15) is 18.0 Å². The Morgan fingerprint density at radius 1 is 0.903 bits per heavy atom. The number of fused-ring (bicyclic) bond motifs is 1. The van der Waals surface area contributed by atoms with Crippen LogP contribution in [0.5, 0.6) is 0 Å². The van der Waals surface area contributed by atoms with E-state index in [1.54, 1.807) is 18.2 Å². The summed E-state index contributed by atoms with van der Waals surface area (Å²) in [5.74, 6) is 0. The van der Waals surface area contributed by atoms with Crippen LogP contribution in [0.25, 0.3) is 11.0 Å². The Morgan fingerprint density at radius 3 is 2.26 bits per heavy atom. The molecule has 7 heteroatoms. The van der Waals surface area contributed by atoms with E-state index in [1.165, 1.54) is 0 Å². The molecular formula is C24H25F3N2O2. The smallest absolute Gasteiger partial charge is 0.416 e. The number of rotatable bonds is 4. The molecular weight excluding hydrogens is 405 g/mol. The number of hydrogen-bond acceptors (Lipinski definition) is 4. The van der Waals surface area contributed by atoms with Gasteiger partial charge < -0.3 is 4.42 Å². The summed E-state index contributed by atoms with van der Waals surface area (Å²) in [4.78, 5) is 16.6. The van der Waals surface area contributed by atoms with Gasteiger partial charge in [0.15, 0.2) is 0 Å². The van der Waals surface area contributed by atoms with Crippen molar-refractivity contribution in [3.05, 3.63) is 81.2 Å². The molecule has 0 radical (unpaired) electrons. The topological polar surface area (TPSA) is 36.7 Å². The lowest BCUT2D eigenvalue weighted by molar-refractivity contribution is -0.137. The third-order valence-corrected chi connectivity index (χ3v) is 5.75. The van der Waals surface area contributed by atoms with Crippen LogP contribution in [0.3, 0.4) is 0 Å². The minimum atomic E-state index is -4.31. The lowest BCUT2D eigenvalue weighted by Crippen LogP contribution is -2.30. The first-order valence-corrected chi connectivity index (χ1v) is 10.4. The molecule has 2 heterocycles. The molecule has 0 atom stereocenters. The van der Waals surface area contributed by atoms with Gasteiger partial charge in [0.05, 0.1) is 5.56 Å². The van der Waals surface area contributed by atoms with E-state index >= 15 is 0 Å². The minimum absolute atomic E-state index is 0.341. The van der Waals surface area contributed by atoms with Gasteiger partial charge >= 0.3 is 11.8 Å². The molecule has 1 aliphatic rings. The summed E-state index contributed by atoms with van der Waals surface area (Å²) >= 11 is 0. The third kappa shape index (κ3) is 5.35. The Bertz CT molecular complexity index is 1110. The molecule has 1 fully saturated rings. The van der Waals surface area contributed by atoms with E-state index in [0.29, 0.717) is 18.7 Å². The Kier molecular flexibility index (Phi) is 6.16. The van der Waals surface area contributed by atoms with Gasteiger partial charge in [-0.15, -0.1) is 0 Å². The fourth-order valence-corrected chi connectivity index (χ4v) is 4.11. The Hall–Kier alpha value is -2.64. The molecule has 1 aromatic heterocycles. The van der Waals surface area contributed by atoms with Crippen molar-refractivity contribution in [2.75, 3.05) is 26.2 Å². The van der Waals surface area contributed by atoms with Crippen LogP contribution < -0.4 is 5.63 Å². The number of hydrogen-bond donors (Lipinski definition) is 0. The normalized spacial score (nSPS) is 16.5. The zero-order valence-electron chi connectivity index (χ0n) is 17.4.